The van der Waals surface area contributed by atoms with Gasteiger partial charge in [0.25, 0.3) is 0 Å². The third kappa shape index (κ3) is 4.90. The number of hydrogen-bond donors (Lipinski definition) is 2. The number of rotatable bonds is 5. The summed E-state index contributed by atoms with van der Waals surface area (Å²) in [6, 6.07) is 1.95. The third-order valence-electron chi connectivity index (χ3n) is 2.24. The van der Waals surface area contributed by atoms with E-state index in [1.807, 2.05) is 0 Å². The Bertz CT molecular complexity index is 460. The van der Waals surface area contributed by atoms with Crippen molar-refractivity contribution in [1.29, 1.82) is 0 Å². The van der Waals surface area contributed by atoms with Crippen LogP contribution in [0.4, 0.5) is 14.5 Å². The number of hydrogen-bond acceptors (Lipinski definition) is 4. The largest absolute Gasteiger partial charge is 0.467 e. The summed E-state index contributed by atoms with van der Waals surface area (Å²) in [6.45, 7) is 1.20. The fraction of sp³-hybridized carbons (Fsp3) is 0.333. The van der Waals surface area contributed by atoms with E-state index in [9.17, 15) is 18.4 Å². The van der Waals surface area contributed by atoms with Crippen molar-refractivity contribution in [3.8, 4) is 0 Å². The van der Waals surface area contributed by atoms with E-state index in [2.05, 4.69) is 15.4 Å². The fourth-order valence-electron chi connectivity index (χ4n) is 1.46. The van der Waals surface area contributed by atoms with Crippen LogP contribution in [-0.2, 0) is 14.3 Å². The molecule has 0 spiro atoms. The van der Waals surface area contributed by atoms with Crippen molar-refractivity contribution in [2.75, 3.05) is 19.0 Å². The molecule has 0 bridgehead atoms. The van der Waals surface area contributed by atoms with E-state index in [1.54, 1.807) is 0 Å². The summed E-state index contributed by atoms with van der Waals surface area (Å²) in [4.78, 5) is 22.3. The lowest BCUT2D eigenvalue weighted by atomic mass is 10.2. The molecule has 0 radical (unpaired) electrons. The summed E-state index contributed by atoms with van der Waals surface area (Å²) >= 11 is 0. The van der Waals surface area contributed by atoms with Gasteiger partial charge >= 0.3 is 5.97 Å². The number of amides is 1. The molecule has 104 valence electrons. The monoisotopic (exact) mass is 272 g/mol. The highest BCUT2D eigenvalue weighted by Crippen LogP contribution is 2.12. The van der Waals surface area contributed by atoms with E-state index < -0.39 is 29.6 Å². The van der Waals surface area contributed by atoms with Crippen molar-refractivity contribution in [1.82, 2.24) is 5.32 Å². The second-order valence-corrected chi connectivity index (χ2v) is 3.82. The highest BCUT2D eigenvalue weighted by molar-refractivity contribution is 5.83. The fourth-order valence-corrected chi connectivity index (χ4v) is 1.46. The highest BCUT2D eigenvalue weighted by Gasteiger charge is 2.19. The smallest absolute Gasteiger partial charge is 0.330 e. The van der Waals surface area contributed by atoms with Crippen LogP contribution < -0.4 is 10.6 Å². The lowest BCUT2D eigenvalue weighted by Crippen LogP contribution is -2.45. The maximum Gasteiger partial charge on any atom is 0.330 e. The number of carbonyl (C=O) groups is 2. The zero-order chi connectivity index (χ0) is 14.4. The zero-order valence-electron chi connectivity index (χ0n) is 10.5. The Morgan fingerprint density at radius 2 is 1.84 bits per heavy atom. The standard InChI is InChI=1S/C12H14F2N2O3/c1-7(17)16-11(12(18)19-2)6-15-10-4-8(13)3-9(14)5-10/h3-5,11,15H,6H2,1-2H3,(H,16,17). The van der Waals surface area contributed by atoms with Crippen LogP contribution in [0.15, 0.2) is 18.2 Å². The molecule has 0 heterocycles. The van der Waals surface area contributed by atoms with Crippen molar-refractivity contribution < 1.29 is 23.1 Å². The Balaban J connectivity index is 2.69. The van der Waals surface area contributed by atoms with Crippen molar-refractivity contribution in [2.24, 2.45) is 0 Å². The van der Waals surface area contributed by atoms with Crippen molar-refractivity contribution >= 4 is 17.6 Å². The van der Waals surface area contributed by atoms with Crippen LogP contribution in [0.1, 0.15) is 6.92 Å². The molecule has 7 heteroatoms. The molecule has 1 unspecified atom stereocenters. The maximum absolute atomic E-state index is 12.9. The summed E-state index contributed by atoms with van der Waals surface area (Å²) in [5.74, 6) is -2.55. The molecule has 1 amide bonds. The first kappa shape index (κ1) is 14.9. The Morgan fingerprint density at radius 3 is 2.32 bits per heavy atom. The van der Waals surface area contributed by atoms with Gasteiger partial charge < -0.3 is 15.4 Å². The molecule has 5 nitrogen and oxygen atoms in total. The first-order valence-corrected chi connectivity index (χ1v) is 5.47. The molecule has 0 fully saturated rings. The average Bonchev–Trinajstić information content (AvgIpc) is 2.31. The summed E-state index contributed by atoms with van der Waals surface area (Å²) in [6.07, 6.45) is 0. The van der Waals surface area contributed by atoms with Crippen LogP contribution in [0, 0.1) is 11.6 Å². The van der Waals surface area contributed by atoms with E-state index in [-0.39, 0.29) is 12.2 Å². The van der Waals surface area contributed by atoms with Crippen LogP contribution in [0.25, 0.3) is 0 Å². The molecule has 0 aromatic heterocycles. The number of benzene rings is 1. The third-order valence-corrected chi connectivity index (χ3v) is 2.24. The second kappa shape index (κ2) is 6.67. The van der Waals surface area contributed by atoms with E-state index in [1.165, 1.54) is 14.0 Å². The quantitative estimate of drug-likeness (QED) is 0.786. The molecule has 0 saturated heterocycles. The Hall–Kier alpha value is -2.18. The predicted octanol–water partition coefficient (Wildman–Crippen LogP) is 1.05. The molecule has 0 aliphatic carbocycles. The topological polar surface area (TPSA) is 67.4 Å². The number of anilines is 1. The van der Waals surface area contributed by atoms with Gasteiger partial charge in [-0.15, -0.1) is 0 Å². The van der Waals surface area contributed by atoms with Gasteiger partial charge in [-0.2, -0.15) is 0 Å². The molecule has 1 atom stereocenters. The van der Waals surface area contributed by atoms with Crippen LogP contribution in [-0.4, -0.2) is 31.6 Å². The molecule has 1 aromatic rings. The van der Waals surface area contributed by atoms with Gasteiger partial charge in [0.1, 0.15) is 17.7 Å². The maximum atomic E-state index is 12.9. The molecule has 1 rings (SSSR count). The number of halogens is 2. The highest BCUT2D eigenvalue weighted by atomic mass is 19.1. The lowest BCUT2D eigenvalue weighted by Gasteiger charge is -2.16. The van der Waals surface area contributed by atoms with E-state index in [0.29, 0.717) is 0 Å². The molecular weight excluding hydrogens is 258 g/mol. The minimum atomic E-state index is -0.936. The number of esters is 1. The number of methoxy groups -OCH3 is 1. The molecule has 0 aliphatic heterocycles. The van der Waals surface area contributed by atoms with Gasteiger partial charge in [-0.25, -0.2) is 13.6 Å². The Morgan fingerprint density at radius 1 is 1.26 bits per heavy atom. The Kier molecular flexibility index (Phi) is 5.23. The van der Waals surface area contributed by atoms with Crippen LogP contribution >= 0.6 is 0 Å². The summed E-state index contributed by atoms with van der Waals surface area (Å²) in [5, 5.41) is 5.02. The van der Waals surface area contributed by atoms with Gasteiger partial charge in [-0.1, -0.05) is 0 Å². The van der Waals surface area contributed by atoms with Crippen LogP contribution in [0.2, 0.25) is 0 Å². The van der Waals surface area contributed by atoms with Gasteiger partial charge in [-0.3, -0.25) is 4.79 Å². The minimum absolute atomic E-state index is 0.0465. The molecule has 0 aliphatic rings. The van der Waals surface area contributed by atoms with E-state index in [4.69, 9.17) is 0 Å². The molecule has 1 aromatic carbocycles. The first-order chi connectivity index (χ1) is 8.92. The van der Waals surface area contributed by atoms with Gasteiger partial charge in [0.2, 0.25) is 5.91 Å². The number of ether oxygens (including phenoxy) is 1. The van der Waals surface area contributed by atoms with Gasteiger partial charge in [0.15, 0.2) is 0 Å². The lowest BCUT2D eigenvalue weighted by molar-refractivity contribution is -0.144. The predicted molar refractivity (Wildman–Crippen MR) is 64.5 cm³/mol. The zero-order valence-corrected chi connectivity index (χ0v) is 10.5. The Labute approximate surface area is 108 Å². The van der Waals surface area contributed by atoms with Crippen LogP contribution in [0.5, 0.6) is 0 Å². The van der Waals surface area contributed by atoms with Gasteiger partial charge in [-0.05, 0) is 12.1 Å². The first-order valence-electron chi connectivity index (χ1n) is 5.47. The van der Waals surface area contributed by atoms with Crippen molar-refractivity contribution in [3.63, 3.8) is 0 Å². The van der Waals surface area contributed by atoms with E-state index in [0.717, 1.165) is 18.2 Å². The van der Waals surface area contributed by atoms with Gasteiger partial charge in [0.05, 0.1) is 7.11 Å². The van der Waals surface area contributed by atoms with Crippen molar-refractivity contribution in [3.05, 3.63) is 29.8 Å². The summed E-state index contributed by atoms with van der Waals surface area (Å²) < 4.78 is 30.4. The number of nitrogens with one attached hydrogen (secondary N) is 2. The number of carbonyl (C=O) groups excluding carboxylic acids is 2. The minimum Gasteiger partial charge on any atom is -0.467 e. The van der Waals surface area contributed by atoms with Crippen LogP contribution in [0.3, 0.4) is 0 Å². The second-order valence-electron chi connectivity index (χ2n) is 3.82. The molecule has 19 heavy (non-hydrogen) atoms. The van der Waals surface area contributed by atoms with E-state index >= 15 is 0 Å². The normalized spacial score (nSPS) is 11.6. The molecule has 2 N–H and O–H groups in total. The SMILES string of the molecule is COC(=O)C(CNc1cc(F)cc(F)c1)NC(C)=O. The molecular formula is C12H14F2N2O3. The van der Waals surface area contributed by atoms with Crippen molar-refractivity contribution in [2.45, 2.75) is 13.0 Å². The molecule has 0 saturated carbocycles. The average molecular weight is 272 g/mol. The summed E-state index contributed by atoms with van der Waals surface area (Å²) in [5.41, 5.74) is 0.164. The van der Waals surface area contributed by atoms with Gasteiger partial charge in [0, 0.05) is 25.2 Å². The summed E-state index contributed by atoms with van der Waals surface area (Å²) in [7, 11) is 1.18.